The Labute approximate surface area is 170 Å². The van der Waals surface area contributed by atoms with Crippen LogP contribution < -0.4 is 0 Å². The first-order valence-electron chi connectivity index (χ1n) is 7.78. The second-order valence-electron chi connectivity index (χ2n) is 8.16. The zero-order valence-electron chi connectivity index (χ0n) is 15.8. The predicted octanol–water partition coefficient (Wildman–Crippen LogP) is 7.78. The average Bonchev–Trinajstić information content (AvgIpc) is 2.08. The summed E-state index contributed by atoms with van der Waals surface area (Å²) in [4.78, 5) is 0. The van der Waals surface area contributed by atoms with Crippen molar-refractivity contribution >= 4 is 45.5 Å². The Kier molecular flexibility index (Phi) is 20.9. The summed E-state index contributed by atoms with van der Waals surface area (Å²) in [6.07, 6.45) is 3.33. The Morgan fingerprint density at radius 2 is 1.04 bits per heavy atom. The summed E-state index contributed by atoms with van der Waals surface area (Å²) < 4.78 is 19.5. The van der Waals surface area contributed by atoms with E-state index in [0.29, 0.717) is 0 Å². The molecule has 0 aliphatic rings. The largest absolute Gasteiger partial charge is 0.437 e. The first kappa shape index (κ1) is 36.9. The lowest BCUT2D eigenvalue weighted by molar-refractivity contribution is 0.323. The molecule has 0 spiro atoms. The van der Waals surface area contributed by atoms with E-state index in [1.54, 1.807) is 0 Å². The third-order valence-corrected chi connectivity index (χ3v) is 16.8. The highest BCUT2D eigenvalue weighted by molar-refractivity contribution is 7.98. The van der Waals surface area contributed by atoms with E-state index < -0.39 is 33.8 Å². The lowest BCUT2D eigenvalue weighted by atomic mass is 10.6. The molecule has 0 aliphatic carbocycles. The molecule has 0 aromatic rings. The smallest absolute Gasteiger partial charge is 0.315 e. The van der Waals surface area contributed by atoms with Crippen LogP contribution in [0.15, 0.2) is 0 Å². The second kappa shape index (κ2) is 14.1. The number of thioether (sulfide) groups is 1. The first-order valence-corrected chi connectivity index (χ1v) is 21.3. The third kappa shape index (κ3) is 21.3. The monoisotopic (exact) mass is 448 g/mol. The minimum Gasteiger partial charge on any atom is -0.437 e. The maximum absolute atomic E-state index is 6.62. The molecule has 160 valence electrons. The van der Waals surface area contributed by atoms with Crippen LogP contribution >= 0.6 is 11.8 Å². The van der Waals surface area contributed by atoms with E-state index in [9.17, 15) is 0 Å². The number of hydrogen-bond donors (Lipinski definition) is 0. The van der Waals surface area contributed by atoms with E-state index in [2.05, 4.69) is 65.2 Å². The molecule has 0 aromatic carbocycles. The summed E-state index contributed by atoms with van der Waals surface area (Å²) in [6, 6.07) is 1.07. The lowest BCUT2D eigenvalue weighted by Crippen LogP contribution is -2.56. The Bertz CT molecular complexity index is 318. The van der Waals surface area contributed by atoms with E-state index >= 15 is 0 Å². The molecule has 25 heavy (non-hydrogen) atoms. The van der Waals surface area contributed by atoms with Gasteiger partial charge >= 0.3 is 17.1 Å². The van der Waals surface area contributed by atoms with E-state index in [-0.39, 0.29) is 29.7 Å². The molecular formula is C17H52O3SSi4. The molecule has 0 N–H and O–H groups in total. The number of hydrogen-bond acceptors (Lipinski definition) is 4. The molecule has 3 nitrogen and oxygen atoms in total. The van der Waals surface area contributed by atoms with Crippen molar-refractivity contribution in [2.75, 3.05) is 12.0 Å². The summed E-state index contributed by atoms with van der Waals surface area (Å²) in [7, 11) is -7.45. The molecular weight excluding hydrogens is 397 g/mol. The summed E-state index contributed by atoms with van der Waals surface area (Å²) in [6.45, 7) is 20.1. The Morgan fingerprint density at radius 3 is 1.36 bits per heavy atom. The Balaban J connectivity index is -0.000000333. The zero-order valence-corrected chi connectivity index (χ0v) is 20.6. The van der Waals surface area contributed by atoms with Gasteiger partial charge in [0, 0.05) is 0 Å². The van der Waals surface area contributed by atoms with Gasteiger partial charge in [-0.1, -0.05) is 29.7 Å². The van der Waals surface area contributed by atoms with Crippen LogP contribution in [0.4, 0.5) is 0 Å². The zero-order chi connectivity index (χ0) is 16.9. The highest BCUT2D eigenvalue weighted by Gasteiger charge is 2.43. The highest BCUT2D eigenvalue weighted by atomic mass is 32.2. The van der Waals surface area contributed by atoms with Gasteiger partial charge in [-0.25, -0.2) is 0 Å². The van der Waals surface area contributed by atoms with Gasteiger partial charge in [0.2, 0.25) is 0 Å². The van der Waals surface area contributed by atoms with Crippen molar-refractivity contribution in [3.05, 3.63) is 0 Å². The van der Waals surface area contributed by atoms with Crippen LogP contribution in [0.1, 0.15) is 36.1 Å². The lowest BCUT2D eigenvalue weighted by Gasteiger charge is -2.41. The van der Waals surface area contributed by atoms with Crippen LogP contribution in [-0.2, 0) is 12.3 Å². The fraction of sp³-hybridized carbons (Fsp3) is 1.00. The van der Waals surface area contributed by atoms with E-state index in [4.69, 9.17) is 12.3 Å². The highest BCUT2D eigenvalue weighted by Crippen LogP contribution is 2.28. The minimum atomic E-state index is -2.15. The van der Waals surface area contributed by atoms with Crippen LogP contribution in [0.25, 0.3) is 0 Å². The van der Waals surface area contributed by atoms with Crippen LogP contribution in [0.5, 0.6) is 0 Å². The van der Waals surface area contributed by atoms with Gasteiger partial charge in [0.25, 0.3) is 0 Å². The fourth-order valence-corrected chi connectivity index (χ4v) is 21.2. The van der Waals surface area contributed by atoms with Crippen LogP contribution in [0, 0.1) is 0 Å². The Morgan fingerprint density at radius 1 is 0.640 bits per heavy atom. The van der Waals surface area contributed by atoms with Gasteiger partial charge in [0.05, 0.1) is 0 Å². The molecule has 1 unspecified atom stereocenters. The quantitative estimate of drug-likeness (QED) is 0.252. The molecule has 0 bridgehead atoms. The Hall–Kier alpha value is 1.10. The van der Waals surface area contributed by atoms with Crippen LogP contribution in [0.2, 0.25) is 65.0 Å². The van der Waals surface area contributed by atoms with Crippen LogP contribution in [-0.4, -0.2) is 45.8 Å². The topological polar surface area (TPSA) is 27.7 Å². The fourth-order valence-electron chi connectivity index (χ4n) is 2.59. The molecule has 0 fully saturated rings. The van der Waals surface area contributed by atoms with Gasteiger partial charge in [-0.2, -0.15) is 11.8 Å². The van der Waals surface area contributed by atoms with Crippen molar-refractivity contribution < 1.29 is 12.3 Å². The van der Waals surface area contributed by atoms with Gasteiger partial charge in [-0.3, -0.25) is 0 Å². The molecule has 0 saturated heterocycles. The van der Waals surface area contributed by atoms with Gasteiger partial charge in [0.1, 0.15) is 0 Å². The molecule has 1 atom stereocenters. The van der Waals surface area contributed by atoms with E-state index in [0.717, 1.165) is 6.04 Å². The maximum Gasteiger partial charge on any atom is 0.315 e. The summed E-state index contributed by atoms with van der Waals surface area (Å²) in [5, 5.41) is 0. The molecule has 0 aromatic heterocycles. The summed E-state index contributed by atoms with van der Waals surface area (Å²) in [5.41, 5.74) is 0. The summed E-state index contributed by atoms with van der Waals surface area (Å²) in [5.74, 6) is 1.18. The third-order valence-electron chi connectivity index (χ3n) is 2.52. The van der Waals surface area contributed by atoms with Crippen molar-refractivity contribution in [3.8, 4) is 0 Å². The van der Waals surface area contributed by atoms with E-state index in [1.165, 1.54) is 12.2 Å². The van der Waals surface area contributed by atoms with E-state index in [1.807, 2.05) is 11.8 Å². The van der Waals surface area contributed by atoms with Gasteiger partial charge < -0.3 is 12.3 Å². The SMILES string of the molecule is C.C.C.C.CSCCC[Si](C)(O[Si](C)(C)C)O[Si](C)(C)O[Si](C)(C)C. The number of rotatable bonds is 10. The maximum atomic E-state index is 6.62. The molecule has 8 heteroatoms. The standard InChI is InChI=1S/C13H36O3SSi4.4CH4/c1-17-12-11-13-21(10,15-19(5,6)7)16-20(8,9)14-18(2,3)4;;;;/h11-13H2,1-10H3;4*1H4. The van der Waals surface area contributed by atoms with Gasteiger partial charge in [-0.15, -0.1) is 0 Å². The van der Waals surface area contributed by atoms with Crippen LogP contribution in [0.3, 0.4) is 0 Å². The molecule has 0 radical (unpaired) electrons. The van der Waals surface area contributed by atoms with Gasteiger partial charge in [-0.05, 0) is 83.4 Å². The second-order valence-corrected chi connectivity index (χ2v) is 25.6. The van der Waals surface area contributed by atoms with Crippen molar-refractivity contribution in [2.45, 2.75) is 101 Å². The summed E-state index contributed by atoms with van der Waals surface area (Å²) >= 11 is 1.90. The molecule has 0 amide bonds. The molecule has 0 saturated carbocycles. The van der Waals surface area contributed by atoms with Crippen molar-refractivity contribution in [3.63, 3.8) is 0 Å². The molecule has 0 aliphatic heterocycles. The van der Waals surface area contributed by atoms with Crippen molar-refractivity contribution in [2.24, 2.45) is 0 Å². The normalized spacial score (nSPS) is 14.2. The average molecular weight is 449 g/mol. The predicted molar refractivity (Wildman–Crippen MR) is 134 cm³/mol. The minimum absolute atomic E-state index is 0. The molecule has 0 rings (SSSR count). The van der Waals surface area contributed by atoms with Crippen molar-refractivity contribution in [1.82, 2.24) is 0 Å². The van der Waals surface area contributed by atoms with Crippen molar-refractivity contribution in [1.29, 1.82) is 0 Å². The van der Waals surface area contributed by atoms with Gasteiger partial charge in [0.15, 0.2) is 16.6 Å². The molecule has 0 heterocycles. The first-order chi connectivity index (χ1) is 9.18.